The average Bonchev–Trinajstić information content (AvgIpc) is 3.24. The van der Waals surface area contributed by atoms with Gasteiger partial charge in [-0.25, -0.2) is 9.13 Å². The van der Waals surface area contributed by atoms with Crippen LogP contribution < -0.4 is 19.4 Å². The molecule has 0 radical (unpaired) electrons. The molecule has 6 nitrogen and oxygen atoms in total. The fraction of sp³-hybridized carbons (Fsp3) is 0.158. The minimum atomic E-state index is -0.392. The molecule has 1 aliphatic heterocycles. The van der Waals surface area contributed by atoms with Crippen molar-refractivity contribution in [2.75, 3.05) is 12.1 Å². The number of anilines is 1. The summed E-state index contributed by atoms with van der Waals surface area (Å²) >= 11 is 0. The molecule has 1 aliphatic rings. The van der Waals surface area contributed by atoms with Crippen molar-refractivity contribution in [1.82, 2.24) is 4.57 Å². The monoisotopic (exact) mass is 336 g/mol. The first kappa shape index (κ1) is 15.3. The zero-order valence-corrected chi connectivity index (χ0v) is 13.8. The molecule has 0 aliphatic carbocycles. The first-order chi connectivity index (χ1) is 12.2. The molecule has 6 heteroatoms. The predicted molar refractivity (Wildman–Crippen MR) is 94.4 cm³/mol. The first-order valence-electron chi connectivity index (χ1n) is 8.01. The standard InChI is InChI=1S/C19H17N3O3/c1-3-21-11-22(16-7-5-4-6-15(16)21)13(2)19(23)20-14-8-9-17-18(10-14)25-12-24-17/h3-11,13H,1,12H2,2H3/p+1/t13-/m0/s1. The Bertz CT molecular complexity index is 977. The van der Waals surface area contributed by atoms with E-state index >= 15 is 0 Å². The van der Waals surface area contributed by atoms with Crippen LogP contribution in [-0.2, 0) is 4.79 Å². The van der Waals surface area contributed by atoms with E-state index in [0.717, 1.165) is 11.0 Å². The van der Waals surface area contributed by atoms with Crippen LogP contribution in [0.2, 0.25) is 0 Å². The molecular weight excluding hydrogens is 318 g/mol. The molecule has 2 aromatic carbocycles. The number of fused-ring (bicyclic) bond motifs is 2. The fourth-order valence-corrected chi connectivity index (χ4v) is 2.96. The highest BCUT2D eigenvalue weighted by atomic mass is 16.7. The van der Waals surface area contributed by atoms with E-state index < -0.39 is 6.04 Å². The van der Waals surface area contributed by atoms with Crippen LogP contribution in [0.5, 0.6) is 11.5 Å². The SMILES string of the molecule is C=Cn1c[n+]([C@@H](C)C(=O)Nc2ccc3c(c2)OCO3)c2ccccc21. The number of nitrogens with zero attached hydrogens (tertiary/aromatic N) is 2. The third-order valence-corrected chi connectivity index (χ3v) is 4.32. The summed E-state index contributed by atoms with van der Waals surface area (Å²) in [5.41, 5.74) is 2.64. The molecule has 3 aromatic rings. The minimum absolute atomic E-state index is 0.115. The summed E-state index contributed by atoms with van der Waals surface area (Å²) in [7, 11) is 0. The van der Waals surface area contributed by atoms with Crippen LogP contribution in [0.15, 0.2) is 55.4 Å². The van der Waals surface area contributed by atoms with E-state index in [2.05, 4.69) is 11.9 Å². The molecule has 0 bridgehead atoms. The van der Waals surface area contributed by atoms with Crippen LogP contribution >= 0.6 is 0 Å². The summed E-state index contributed by atoms with van der Waals surface area (Å²) in [6, 6.07) is 12.9. The van der Waals surface area contributed by atoms with Crippen molar-refractivity contribution in [1.29, 1.82) is 0 Å². The van der Waals surface area contributed by atoms with E-state index in [4.69, 9.17) is 9.47 Å². The number of carbonyl (C=O) groups excluding carboxylic acids is 1. The summed E-state index contributed by atoms with van der Waals surface area (Å²) in [5, 5.41) is 2.93. The quantitative estimate of drug-likeness (QED) is 0.745. The van der Waals surface area contributed by atoms with Gasteiger partial charge in [-0.15, -0.1) is 0 Å². The topological polar surface area (TPSA) is 56.4 Å². The maximum Gasteiger partial charge on any atom is 0.269 e. The number of aromatic nitrogens is 2. The second-order valence-electron chi connectivity index (χ2n) is 5.83. The smallest absolute Gasteiger partial charge is 0.269 e. The van der Waals surface area contributed by atoms with Crippen molar-refractivity contribution in [2.45, 2.75) is 13.0 Å². The molecule has 25 heavy (non-hydrogen) atoms. The van der Waals surface area contributed by atoms with Crippen LogP contribution in [0, 0.1) is 0 Å². The van der Waals surface area contributed by atoms with Gasteiger partial charge < -0.3 is 14.8 Å². The van der Waals surface area contributed by atoms with Gasteiger partial charge in [0, 0.05) is 11.8 Å². The zero-order valence-electron chi connectivity index (χ0n) is 13.8. The summed E-state index contributed by atoms with van der Waals surface area (Å²) in [5.74, 6) is 1.21. The number of nitrogens with one attached hydrogen (secondary N) is 1. The molecule has 0 saturated carbocycles. The highest BCUT2D eigenvalue weighted by Crippen LogP contribution is 2.34. The zero-order chi connectivity index (χ0) is 17.4. The number of para-hydroxylation sites is 2. The predicted octanol–water partition coefficient (Wildman–Crippen LogP) is 2.96. The maximum atomic E-state index is 12.7. The summed E-state index contributed by atoms with van der Waals surface area (Å²) in [6.45, 7) is 5.89. The van der Waals surface area contributed by atoms with Gasteiger partial charge in [-0.3, -0.25) is 4.79 Å². The van der Waals surface area contributed by atoms with Crippen molar-refractivity contribution in [2.24, 2.45) is 0 Å². The Labute approximate surface area is 144 Å². The Morgan fingerprint density at radius 3 is 2.92 bits per heavy atom. The second kappa shape index (κ2) is 5.98. The lowest BCUT2D eigenvalue weighted by atomic mass is 10.2. The summed E-state index contributed by atoms with van der Waals surface area (Å²) < 4.78 is 14.5. The second-order valence-corrected chi connectivity index (χ2v) is 5.83. The lowest BCUT2D eigenvalue weighted by Crippen LogP contribution is -2.43. The molecule has 0 spiro atoms. The summed E-state index contributed by atoms with van der Waals surface area (Å²) in [4.78, 5) is 12.7. The molecule has 1 amide bonds. The van der Waals surface area contributed by atoms with Gasteiger partial charge in [0.2, 0.25) is 13.1 Å². The Morgan fingerprint density at radius 2 is 2.08 bits per heavy atom. The third-order valence-electron chi connectivity index (χ3n) is 4.32. The molecular formula is C19H18N3O3+. The van der Waals surface area contributed by atoms with Crippen molar-refractivity contribution in [3.8, 4) is 11.5 Å². The molecule has 4 rings (SSSR count). The van der Waals surface area contributed by atoms with Gasteiger partial charge in [-0.05, 0) is 31.2 Å². The van der Waals surface area contributed by atoms with Crippen molar-refractivity contribution >= 4 is 28.8 Å². The molecule has 126 valence electrons. The highest BCUT2D eigenvalue weighted by Gasteiger charge is 2.25. The van der Waals surface area contributed by atoms with E-state index in [-0.39, 0.29) is 12.7 Å². The molecule has 0 fully saturated rings. The van der Waals surface area contributed by atoms with E-state index in [1.807, 2.05) is 46.7 Å². The normalized spacial score (nSPS) is 13.6. The van der Waals surface area contributed by atoms with Gasteiger partial charge in [0.15, 0.2) is 28.6 Å². The van der Waals surface area contributed by atoms with Gasteiger partial charge in [0.05, 0.1) is 6.20 Å². The third kappa shape index (κ3) is 2.61. The van der Waals surface area contributed by atoms with E-state index in [1.54, 1.807) is 24.4 Å². The Hall–Kier alpha value is -3.28. The van der Waals surface area contributed by atoms with Gasteiger partial charge >= 0.3 is 0 Å². The van der Waals surface area contributed by atoms with E-state index in [1.165, 1.54) is 0 Å². The van der Waals surface area contributed by atoms with Crippen molar-refractivity contribution in [3.05, 3.63) is 55.4 Å². The van der Waals surface area contributed by atoms with E-state index in [0.29, 0.717) is 17.2 Å². The van der Waals surface area contributed by atoms with Crippen LogP contribution in [0.1, 0.15) is 13.0 Å². The molecule has 1 N–H and O–H groups in total. The Balaban J connectivity index is 1.61. The first-order valence-corrected chi connectivity index (χ1v) is 8.01. The number of imidazole rings is 1. The van der Waals surface area contributed by atoms with Crippen LogP contribution in [-0.4, -0.2) is 17.3 Å². The molecule has 0 saturated heterocycles. The van der Waals surface area contributed by atoms with Crippen LogP contribution in [0.4, 0.5) is 5.69 Å². The number of hydrogen-bond acceptors (Lipinski definition) is 3. The lowest BCUT2D eigenvalue weighted by Gasteiger charge is -2.10. The number of hydrogen-bond donors (Lipinski definition) is 1. The van der Waals surface area contributed by atoms with Crippen molar-refractivity contribution < 1.29 is 18.8 Å². The number of benzene rings is 2. The van der Waals surface area contributed by atoms with Gasteiger partial charge in [0.25, 0.3) is 5.91 Å². The number of carbonyl (C=O) groups is 1. The lowest BCUT2D eigenvalue weighted by molar-refractivity contribution is -0.680. The van der Waals surface area contributed by atoms with Gasteiger partial charge in [-0.1, -0.05) is 18.7 Å². The maximum absolute atomic E-state index is 12.7. The molecule has 1 atom stereocenters. The highest BCUT2D eigenvalue weighted by molar-refractivity contribution is 5.93. The number of amides is 1. The van der Waals surface area contributed by atoms with Crippen LogP contribution in [0.25, 0.3) is 17.2 Å². The van der Waals surface area contributed by atoms with Gasteiger partial charge in [-0.2, -0.15) is 0 Å². The van der Waals surface area contributed by atoms with Gasteiger partial charge in [0.1, 0.15) is 0 Å². The largest absolute Gasteiger partial charge is 0.454 e. The number of ether oxygens (including phenoxy) is 2. The minimum Gasteiger partial charge on any atom is -0.454 e. The molecule has 0 unspecified atom stereocenters. The average molecular weight is 336 g/mol. The molecule has 1 aromatic heterocycles. The fourth-order valence-electron chi connectivity index (χ4n) is 2.96. The van der Waals surface area contributed by atoms with E-state index in [9.17, 15) is 4.79 Å². The van der Waals surface area contributed by atoms with Crippen molar-refractivity contribution in [3.63, 3.8) is 0 Å². The Kier molecular flexibility index (Phi) is 3.65. The number of rotatable bonds is 4. The summed E-state index contributed by atoms with van der Waals surface area (Å²) in [6.07, 6.45) is 3.60. The molecule has 2 heterocycles. The Morgan fingerprint density at radius 1 is 1.28 bits per heavy atom. The van der Waals surface area contributed by atoms with Crippen LogP contribution in [0.3, 0.4) is 0 Å².